The standard InChI is InChI=1S/C18H17FN4O/c19-14-3-5-15(6-4-14)21-10-12-23(13-11-21)18(24)16-2-1-8-22-9-7-20-17(16)22/h1-9H,10-13H2. The zero-order valence-corrected chi connectivity index (χ0v) is 13.1. The van der Waals surface area contributed by atoms with E-state index in [9.17, 15) is 9.18 Å². The molecule has 2 aromatic heterocycles. The molecule has 1 aromatic carbocycles. The first-order valence-corrected chi connectivity index (χ1v) is 7.94. The molecule has 0 N–H and O–H groups in total. The molecule has 1 aliphatic rings. The molecule has 3 aromatic rings. The van der Waals surface area contributed by atoms with Crippen molar-refractivity contribution in [1.29, 1.82) is 0 Å². The molecule has 1 fully saturated rings. The molecule has 0 atom stereocenters. The lowest BCUT2D eigenvalue weighted by molar-refractivity contribution is 0.0748. The van der Waals surface area contributed by atoms with Crippen molar-refractivity contribution in [3.8, 4) is 0 Å². The predicted octanol–water partition coefficient (Wildman–Crippen LogP) is 2.44. The fraction of sp³-hybridized carbons (Fsp3) is 0.222. The molecule has 24 heavy (non-hydrogen) atoms. The number of amides is 1. The van der Waals surface area contributed by atoms with Gasteiger partial charge in [0.2, 0.25) is 0 Å². The van der Waals surface area contributed by atoms with Gasteiger partial charge in [0.15, 0.2) is 0 Å². The van der Waals surface area contributed by atoms with Crippen LogP contribution in [0.15, 0.2) is 55.0 Å². The van der Waals surface area contributed by atoms with Gasteiger partial charge in [0.05, 0.1) is 5.56 Å². The number of hydrogen-bond donors (Lipinski definition) is 0. The molecule has 6 heteroatoms. The second kappa shape index (κ2) is 5.96. The minimum absolute atomic E-state index is 0.00514. The van der Waals surface area contributed by atoms with Crippen molar-refractivity contribution in [2.75, 3.05) is 31.1 Å². The minimum atomic E-state index is -0.236. The van der Waals surface area contributed by atoms with Crippen molar-refractivity contribution in [3.05, 3.63) is 66.4 Å². The van der Waals surface area contributed by atoms with Crippen molar-refractivity contribution in [2.45, 2.75) is 0 Å². The summed E-state index contributed by atoms with van der Waals surface area (Å²) in [6, 6.07) is 10.2. The quantitative estimate of drug-likeness (QED) is 0.727. The van der Waals surface area contributed by atoms with Crippen LogP contribution in [0.1, 0.15) is 10.4 Å². The van der Waals surface area contributed by atoms with Gasteiger partial charge in [0, 0.05) is 50.5 Å². The van der Waals surface area contributed by atoms with Crippen LogP contribution < -0.4 is 4.90 Å². The van der Waals surface area contributed by atoms with E-state index in [0.717, 1.165) is 18.8 Å². The lowest BCUT2D eigenvalue weighted by Gasteiger charge is -2.36. The van der Waals surface area contributed by atoms with Gasteiger partial charge in [0.25, 0.3) is 5.91 Å². The maximum absolute atomic E-state index is 13.0. The van der Waals surface area contributed by atoms with Gasteiger partial charge in [-0.3, -0.25) is 4.79 Å². The molecule has 0 aliphatic carbocycles. The molecule has 1 aliphatic heterocycles. The Morgan fingerprint density at radius 2 is 1.75 bits per heavy atom. The fourth-order valence-corrected chi connectivity index (χ4v) is 3.11. The number of piperazine rings is 1. The molecule has 5 nitrogen and oxygen atoms in total. The lowest BCUT2D eigenvalue weighted by atomic mass is 10.2. The normalized spacial score (nSPS) is 15.0. The summed E-state index contributed by atoms with van der Waals surface area (Å²) in [4.78, 5) is 21.1. The molecule has 0 saturated carbocycles. The van der Waals surface area contributed by atoms with E-state index in [2.05, 4.69) is 9.88 Å². The van der Waals surface area contributed by atoms with Crippen LogP contribution in [0.3, 0.4) is 0 Å². The number of halogens is 1. The van der Waals surface area contributed by atoms with Gasteiger partial charge in [-0.25, -0.2) is 9.37 Å². The summed E-state index contributed by atoms with van der Waals surface area (Å²) in [6.07, 6.45) is 5.41. The van der Waals surface area contributed by atoms with Crippen LogP contribution in [-0.4, -0.2) is 46.4 Å². The largest absolute Gasteiger partial charge is 0.368 e. The first-order chi connectivity index (χ1) is 11.7. The van der Waals surface area contributed by atoms with E-state index in [0.29, 0.717) is 24.3 Å². The first kappa shape index (κ1) is 14.7. The summed E-state index contributed by atoms with van der Waals surface area (Å²) in [5, 5.41) is 0. The molecule has 3 heterocycles. The number of pyridine rings is 1. The Balaban J connectivity index is 1.48. The topological polar surface area (TPSA) is 40.9 Å². The molecule has 0 unspecified atom stereocenters. The summed E-state index contributed by atoms with van der Waals surface area (Å²) < 4.78 is 14.9. The second-order valence-electron chi connectivity index (χ2n) is 5.84. The maximum atomic E-state index is 13.0. The molecule has 122 valence electrons. The molecular weight excluding hydrogens is 307 g/mol. The average Bonchev–Trinajstić information content (AvgIpc) is 3.11. The number of aromatic nitrogens is 2. The van der Waals surface area contributed by atoms with Gasteiger partial charge in [-0.15, -0.1) is 0 Å². The first-order valence-electron chi connectivity index (χ1n) is 7.94. The number of anilines is 1. The Morgan fingerprint density at radius 1 is 1.00 bits per heavy atom. The van der Waals surface area contributed by atoms with Gasteiger partial charge in [0.1, 0.15) is 11.5 Å². The van der Waals surface area contributed by atoms with Crippen molar-refractivity contribution in [2.24, 2.45) is 0 Å². The predicted molar refractivity (Wildman–Crippen MR) is 89.7 cm³/mol. The summed E-state index contributed by atoms with van der Waals surface area (Å²) in [6.45, 7) is 2.74. The van der Waals surface area contributed by atoms with E-state index in [-0.39, 0.29) is 11.7 Å². The Hall–Kier alpha value is -2.89. The number of hydrogen-bond acceptors (Lipinski definition) is 3. The van der Waals surface area contributed by atoms with E-state index >= 15 is 0 Å². The number of benzene rings is 1. The Labute approximate surface area is 138 Å². The number of carbonyl (C=O) groups excluding carboxylic acids is 1. The van der Waals surface area contributed by atoms with Gasteiger partial charge in [-0.05, 0) is 36.4 Å². The number of rotatable bonds is 2. The number of carbonyl (C=O) groups is 1. The molecule has 0 spiro atoms. The van der Waals surface area contributed by atoms with Crippen LogP contribution in [0.25, 0.3) is 5.65 Å². The zero-order valence-electron chi connectivity index (χ0n) is 13.1. The molecule has 1 saturated heterocycles. The molecule has 0 bridgehead atoms. The third-order valence-electron chi connectivity index (χ3n) is 4.41. The van der Waals surface area contributed by atoms with Crippen molar-refractivity contribution < 1.29 is 9.18 Å². The SMILES string of the molecule is O=C(c1cccn2ccnc12)N1CCN(c2ccc(F)cc2)CC1. The molecular formula is C18H17FN4O. The Bertz CT molecular complexity index is 866. The van der Waals surface area contributed by atoms with Gasteiger partial charge in [-0.1, -0.05) is 0 Å². The fourth-order valence-electron chi connectivity index (χ4n) is 3.11. The Kier molecular flexibility index (Phi) is 3.65. The summed E-state index contributed by atoms with van der Waals surface area (Å²) in [5.41, 5.74) is 2.29. The van der Waals surface area contributed by atoms with Gasteiger partial charge < -0.3 is 14.2 Å². The average molecular weight is 324 g/mol. The van der Waals surface area contributed by atoms with Crippen LogP contribution in [0.4, 0.5) is 10.1 Å². The summed E-state index contributed by atoms with van der Waals surface area (Å²) in [7, 11) is 0. The molecule has 0 radical (unpaired) electrons. The summed E-state index contributed by atoms with van der Waals surface area (Å²) >= 11 is 0. The van der Waals surface area contributed by atoms with Crippen LogP contribution in [-0.2, 0) is 0 Å². The van der Waals surface area contributed by atoms with E-state index in [4.69, 9.17) is 0 Å². The minimum Gasteiger partial charge on any atom is -0.368 e. The van der Waals surface area contributed by atoms with Crippen LogP contribution in [0.2, 0.25) is 0 Å². The number of imidazole rings is 1. The Morgan fingerprint density at radius 3 is 2.50 bits per heavy atom. The molecule has 4 rings (SSSR count). The van der Waals surface area contributed by atoms with E-state index in [1.54, 1.807) is 18.3 Å². The lowest BCUT2D eigenvalue weighted by Crippen LogP contribution is -2.48. The van der Waals surface area contributed by atoms with E-state index in [1.807, 2.05) is 33.8 Å². The van der Waals surface area contributed by atoms with Gasteiger partial charge in [-0.2, -0.15) is 0 Å². The van der Waals surface area contributed by atoms with Crippen LogP contribution in [0, 0.1) is 5.82 Å². The second-order valence-corrected chi connectivity index (χ2v) is 5.84. The zero-order chi connectivity index (χ0) is 16.5. The highest BCUT2D eigenvalue weighted by Crippen LogP contribution is 2.19. The van der Waals surface area contributed by atoms with E-state index < -0.39 is 0 Å². The third kappa shape index (κ3) is 2.60. The van der Waals surface area contributed by atoms with Crippen molar-refractivity contribution in [1.82, 2.24) is 14.3 Å². The third-order valence-corrected chi connectivity index (χ3v) is 4.41. The van der Waals surface area contributed by atoms with Crippen molar-refractivity contribution in [3.63, 3.8) is 0 Å². The highest BCUT2D eigenvalue weighted by molar-refractivity contribution is 5.99. The monoisotopic (exact) mass is 324 g/mol. The van der Waals surface area contributed by atoms with Crippen molar-refractivity contribution >= 4 is 17.2 Å². The molecule has 1 amide bonds. The number of fused-ring (bicyclic) bond motifs is 1. The van der Waals surface area contributed by atoms with E-state index in [1.165, 1.54) is 12.1 Å². The highest BCUT2D eigenvalue weighted by Gasteiger charge is 2.24. The van der Waals surface area contributed by atoms with Crippen LogP contribution in [0.5, 0.6) is 0 Å². The summed E-state index contributed by atoms with van der Waals surface area (Å²) in [5.74, 6) is -0.231. The maximum Gasteiger partial charge on any atom is 0.257 e. The van der Waals surface area contributed by atoms with Crippen LogP contribution >= 0.6 is 0 Å². The number of nitrogens with zero attached hydrogens (tertiary/aromatic N) is 4. The smallest absolute Gasteiger partial charge is 0.257 e. The highest BCUT2D eigenvalue weighted by atomic mass is 19.1. The van der Waals surface area contributed by atoms with Gasteiger partial charge >= 0.3 is 0 Å².